The SMILES string of the molecule is CCCCOc1cc2c3cc(OCCCC)c(OCCCC)cc3c3cc(OC(=O)CCCCC(=O)Cl)c(OCCCC)cc3c2cc1OCCCC. The standard InChI is InChI=1S/C44H59ClO8/c1-6-11-20-48-37-25-31-32-26-38(49-21-12-7-2)40(51-23-14-9-4)28-34(32)36-30-42(53-44(47)19-17-16-18-43(45)46)41(52-24-15-10-5)29-35(36)33(31)27-39(37)50-22-13-8-3/h25-30H,6-24H2,1-5H3. The highest BCUT2D eigenvalue weighted by molar-refractivity contribution is 6.63. The Morgan fingerprint density at radius 1 is 0.415 bits per heavy atom. The molecule has 0 aliphatic rings. The van der Waals surface area contributed by atoms with Crippen LogP contribution >= 0.6 is 11.6 Å². The highest BCUT2D eigenvalue weighted by atomic mass is 35.5. The van der Waals surface area contributed by atoms with Crippen LogP contribution in [0.5, 0.6) is 34.5 Å². The zero-order valence-corrected chi connectivity index (χ0v) is 33.3. The summed E-state index contributed by atoms with van der Waals surface area (Å²) >= 11 is 5.51. The maximum Gasteiger partial charge on any atom is 0.311 e. The summed E-state index contributed by atoms with van der Waals surface area (Å²) in [5.74, 6) is 3.22. The van der Waals surface area contributed by atoms with Crippen molar-refractivity contribution in [3.05, 3.63) is 36.4 Å². The van der Waals surface area contributed by atoms with Gasteiger partial charge in [0.25, 0.3) is 0 Å². The number of hydrogen-bond donors (Lipinski definition) is 0. The van der Waals surface area contributed by atoms with Crippen LogP contribution in [-0.4, -0.2) is 44.2 Å². The minimum atomic E-state index is -0.408. The van der Waals surface area contributed by atoms with E-state index in [0.717, 1.165) is 96.5 Å². The van der Waals surface area contributed by atoms with Crippen LogP contribution in [0, 0.1) is 0 Å². The molecular weight excluding hydrogens is 692 g/mol. The molecule has 0 N–H and O–H groups in total. The summed E-state index contributed by atoms with van der Waals surface area (Å²) in [5.41, 5.74) is 0. The van der Waals surface area contributed by atoms with E-state index >= 15 is 0 Å². The number of carbonyl (C=O) groups is 2. The molecule has 0 bridgehead atoms. The van der Waals surface area contributed by atoms with E-state index in [1.807, 2.05) is 12.1 Å². The van der Waals surface area contributed by atoms with Gasteiger partial charge in [0.2, 0.25) is 5.24 Å². The molecule has 0 saturated heterocycles. The molecule has 0 heterocycles. The van der Waals surface area contributed by atoms with Crippen molar-refractivity contribution in [1.82, 2.24) is 0 Å². The monoisotopic (exact) mass is 750 g/mol. The Balaban J connectivity index is 2.01. The number of rotatable bonds is 26. The largest absolute Gasteiger partial charge is 0.490 e. The van der Waals surface area contributed by atoms with Crippen LogP contribution in [0.2, 0.25) is 0 Å². The van der Waals surface area contributed by atoms with Gasteiger partial charge in [-0.2, -0.15) is 0 Å². The second-order valence-electron chi connectivity index (χ2n) is 13.6. The highest BCUT2D eigenvalue weighted by Crippen LogP contribution is 2.47. The second kappa shape index (κ2) is 22.3. The Kier molecular flexibility index (Phi) is 17.6. The van der Waals surface area contributed by atoms with Crippen molar-refractivity contribution in [3.63, 3.8) is 0 Å². The van der Waals surface area contributed by atoms with Crippen molar-refractivity contribution < 1.29 is 38.0 Å². The molecule has 4 rings (SSSR count). The smallest absolute Gasteiger partial charge is 0.311 e. The molecule has 4 aromatic carbocycles. The fraction of sp³-hybridized carbons (Fsp3) is 0.545. The van der Waals surface area contributed by atoms with E-state index in [2.05, 4.69) is 58.9 Å². The van der Waals surface area contributed by atoms with Gasteiger partial charge in [-0.3, -0.25) is 9.59 Å². The van der Waals surface area contributed by atoms with Gasteiger partial charge in [-0.05, 0) is 125 Å². The Hall–Kier alpha value is -3.91. The minimum absolute atomic E-state index is 0.155. The van der Waals surface area contributed by atoms with Gasteiger partial charge in [-0.1, -0.05) is 66.7 Å². The van der Waals surface area contributed by atoms with Gasteiger partial charge in [0.15, 0.2) is 34.5 Å². The molecule has 0 amide bonds. The molecule has 0 spiro atoms. The molecule has 8 nitrogen and oxygen atoms in total. The van der Waals surface area contributed by atoms with Gasteiger partial charge in [0, 0.05) is 12.8 Å². The van der Waals surface area contributed by atoms with Gasteiger partial charge in [-0.15, -0.1) is 0 Å². The zero-order chi connectivity index (χ0) is 38.0. The topological polar surface area (TPSA) is 89.5 Å². The quantitative estimate of drug-likeness (QED) is 0.0206. The third-order valence-corrected chi connectivity index (χ3v) is 9.32. The first-order chi connectivity index (χ1) is 25.8. The number of carbonyl (C=O) groups excluding carboxylic acids is 2. The zero-order valence-electron chi connectivity index (χ0n) is 32.5. The molecule has 0 fully saturated rings. The van der Waals surface area contributed by atoms with Crippen LogP contribution in [0.4, 0.5) is 0 Å². The summed E-state index contributed by atoms with van der Waals surface area (Å²) in [7, 11) is 0. The number of esters is 1. The van der Waals surface area contributed by atoms with Crippen LogP contribution in [0.25, 0.3) is 32.3 Å². The van der Waals surface area contributed by atoms with E-state index < -0.39 is 11.2 Å². The summed E-state index contributed by atoms with van der Waals surface area (Å²) in [6.45, 7) is 13.5. The lowest BCUT2D eigenvalue weighted by molar-refractivity contribution is -0.134. The second-order valence-corrected chi connectivity index (χ2v) is 14.0. The van der Waals surface area contributed by atoms with E-state index in [-0.39, 0.29) is 12.8 Å². The normalized spacial score (nSPS) is 11.3. The number of halogens is 1. The first-order valence-corrected chi connectivity index (χ1v) is 20.3. The molecule has 53 heavy (non-hydrogen) atoms. The predicted molar refractivity (Wildman–Crippen MR) is 216 cm³/mol. The van der Waals surface area contributed by atoms with Crippen LogP contribution in [0.15, 0.2) is 36.4 Å². The molecule has 4 aromatic rings. The summed E-state index contributed by atoms with van der Waals surface area (Å²) in [6, 6.07) is 12.2. The summed E-state index contributed by atoms with van der Waals surface area (Å²) in [5, 5.41) is 5.24. The van der Waals surface area contributed by atoms with Crippen molar-refractivity contribution in [2.45, 2.75) is 125 Å². The van der Waals surface area contributed by atoms with Crippen LogP contribution in [0.3, 0.4) is 0 Å². The Labute approximate surface area is 320 Å². The van der Waals surface area contributed by atoms with Gasteiger partial charge in [0.1, 0.15) is 0 Å². The average molecular weight is 751 g/mol. The maximum absolute atomic E-state index is 13.2. The molecular formula is C44H59ClO8. The molecule has 0 aromatic heterocycles. The summed E-state index contributed by atoms with van der Waals surface area (Å²) in [4.78, 5) is 24.4. The van der Waals surface area contributed by atoms with Gasteiger partial charge >= 0.3 is 5.97 Å². The first kappa shape index (κ1) is 41.8. The lowest BCUT2D eigenvalue weighted by Gasteiger charge is -2.20. The Morgan fingerprint density at radius 3 is 0.962 bits per heavy atom. The van der Waals surface area contributed by atoms with Gasteiger partial charge < -0.3 is 28.4 Å². The van der Waals surface area contributed by atoms with E-state index in [1.165, 1.54) is 0 Å². The van der Waals surface area contributed by atoms with E-state index in [4.69, 9.17) is 40.0 Å². The fourth-order valence-corrected chi connectivity index (χ4v) is 6.13. The van der Waals surface area contributed by atoms with Crippen molar-refractivity contribution in [2.24, 2.45) is 0 Å². The molecule has 0 saturated carbocycles. The number of hydrogen-bond acceptors (Lipinski definition) is 8. The first-order valence-electron chi connectivity index (χ1n) is 19.9. The van der Waals surface area contributed by atoms with Crippen molar-refractivity contribution in [2.75, 3.05) is 33.0 Å². The minimum Gasteiger partial charge on any atom is -0.490 e. The number of ether oxygens (including phenoxy) is 6. The van der Waals surface area contributed by atoms with Crippen LogP contribution < -0.4 is 28.4 Å². The van der Waals surface area contributed by atoms with Gasteiger partial charge in [0.05, 0.1) is 33.0 Å². The van der Waals surface area contributed by atoms with E-state index in [0.29, 0.717) is 80.4 Å². The predicted octanol–water partition coefficient (Wildman–Crippen LogP) is 12.3. The summed E-state index contributed by atoms with van der Waals surface area (Å²) < 4.78 is 37.9. The molecule has 0 aliphatic heterocycles. The van der Waals surface area contributed by atoms with Crippen molar-refractivity contribution in [3.8, 4) is 34.5 Å². The number of unbranched alkanes of at least 4 members (excludes halogenated alkanes) is 6. The molecule has 0 aliphatic carbocycles. The lowest BCUT2D eigenvalue weighted by Crippen LogP contribution is -2.09. The third-order valence-electron chi connectivity index (χ3n) is 9.13. The number of benzene rings is 4. The maximum atomic E-state index is 13.2. The average Bonchev–Trinajstić information content (AvgIpc) is 3.14. The van der Waals surface area contributed by atoms with Crippen LogP contribution in [0.1, 0.15) is 125 Å². The molecule has 0 unspecified atom stereocenters. The van der Waals surface area contributed by atoms with E-state index in [1.54, 1.807) is 0 Å². The van der Waals surface area contributed by atoms with E-state index in [9.17, 15) is 9.59 Å². The molecule has 9 heteroatoms. The molecule has 290 valence electrons. The van der Waals surface area contributed by atoms with Gasteiger partial charge in [-0.25, -0.2) is 0 Å². The summed E-state index contributed by atoms with van der Waals surface area (Å²) in [6.07, 6.45) is 11.0. The third kappa shape index (κ3) is 12.0. The van der Waals surface area contributed by atoms with Crippen LogP contribution in [-0.2, 0) is 9.59 Å². The Morgan fingerprint density at radius 2 is 0.679 bits per heavy atom. The number of fused-ring (bicyclic) bond motifs is 6. The Bertz CT molecular complexity index is 1740. The lowest BCUT2D eigenvalue weighted by atomic mass is 9.93. The van der Waals surface area contributed by atoms with Crippen molar-refractivity contribution >= 4 is 55.1 Å². The molecule has 0 radical (unpaired) electrons. The van der Waals surface area contributed by atoms with Crippen molar-refractivity contribution in [1.29, 1.82) is 0 Å². The highest BCUT2D eigenvalue weighted by Gasteiger charge is 2.21. The molecule has 0 atom stereocenters. The fourth-order valence-electron chi connectivity index (χ4n) is 6.00.